The van der Waals surface area contributed by atoms with Crippen molar-refractivity contribution in [2.75, 3.05) is 20.5 Å². The zero-order chi connectivity index (χ0) is 21.7. The molecule has 1 heterocycles. The maximum Gasteiger partial charge on any atom is 0.368 e. The molecule has 0 aliphatic rings. The van der Waals surface area contributed by atoms with Gasteiger partial charge in [0.2, 0.25) is 0 Å². The summed E-state index contributed by atoms with van der Waals surface area (Å²) in [5, 5.41) is 7.81. The molecule has 0 spiro atoms. The van der Waals surface area contributed by atoms with Crippen LogP contribution >= 0.6 is 23.5 Å². The van der Waals surface area contributed by atoms with E-state index in [1.54, 1.807) is 44.8 Å². The zero-order valence-electron chi connectivity index (χ0n) is 17.4. The number of methoxy groups -OCH3 is 2. The first-order chi connectivity index (χ1) is 14.5. The first kappa shape index (κ1) is 22.0. The largest absolute Gasteiger partial charge is 0.493 e. The standard InChI is InChI=1S/C20H23N5O3S2/c1-13-7-6-8-16(25-20(26)24(2)22-23-25)15(13)12-30-19(29-5)21-14-9-10-17(27-3)18(11-14)28-4/h6-11H,12H2,1-5H3. The van der Waals surface area contributed by atoms with Crippen LogP contribution in [0.5, 0.6) is 11.5 Å². The van der Waals surface area contributed by atoms with Crippen LogP contribution in [0.1, 0.15) is 11.1 Å². The summed E-state index contributed by atoms with van der Waals surface area (Å²) in [6.07, 6.45) is 1.98. The van der Waals surface area contributed by atoms with Gasteiger partial charge in [-0.25, -0.2) is 9.79 Å². The van der Waals surface area contributed by atoms with E-state index in [9.17, 15) is 4.79 Å². The van der Waals surface area contributed by atoms with Crippen molar-refractivity contribution in [1.29, 1.82) is 0 Å². The van der Waals surface area contributed by atoms with Crippen LogP contribution in [0.3, 0.4) is 0 Å². The first-order valence-corrected chi connectivity index (χ1v) is 11.2. The highest BCUT2D eigenvalue weighted by atomic mass is 32.2. The van der Waals surface area contributed by atoms with E-state index in [4.69, 9.17) is 14.5 Å². The molecule has 1 aromatic heterocycles. The number of benzene rings is 2. The van der Waals surface area contributed by atoms with Gasteiger partial charge in [0.15, 0.2) is 11.5 Å². The van der Waals surface area contributed by atoms with Crippen LogP contribution in [0.25, 0.3) is 5.69 Å². The van der Waals surface area contributed by atoms with Gasteiger partial charge >= 0.3 is 5.69 Å². The highest BCUT2D eigenvalue weighted by Crippen LogP contribution is 2.33. The maximum absolute atomic E-state index is 12.3. The lowest BCUT2D eigenvalue weighted by Gasteiger charge is -2.12. The van der Waals surface area contributed by atoms with Crippen molar-refractivity contribution in [1.82, 2.24) is 19.8 Å². The number of hydrogen-bond donors (Lipinski definition) is 0. The van der Waals surface area contributed by atoms with Crippen molar-refractivity contribution >= 4 is 33.6 Å². The summed E-state index contributed by atoms with van der Waals surface area (Å²) in [4.78, 5) is 17.1. The number of thioether (sulfide) groups is 2. The molecule has 0 aliphatic heterocycles. The van der Waals surface area contributed by atoms with Crippen LogP contribution in [0.2, 0.25) is 0 Å². The number of hydrogen-bond acceptors (Lipinski definition) is 8. The summed E-state index contributed by atoms with van der Waals surface area (Å²) in [7, 11) is 4.79. The van der Waals surface area contributed by atoms with E-state index >= 15 is 0 Å². The lowest BCUT2D eigenvalue weighted by molar-refractivity contribution is 0.355. The first-order valence-electron chi connectivity index (χ1n) is 9.03. The Morgan fingerprint density at radius 1 is 1.13 bits per heavy atom. The van der Waals surface area contributed by atoms with Crippen LogP contribution in [0, 0.1) is 6.92 Å². The Labute approximate surface area is 183 Å². The van der Waals surface area contributed by atoms with E-state index in [-0.39, 0.29) is 5.69 Å². The predicted molar refractivity (Wildman–Crippen MR) is 123 cm³/mol. The minimum Gasteiger partial charge on any atom is -0.493 e. The van der Waals surface area contributed by atoms with Crippen LogP contribution in [-0.4, -0.2) is 44.6 Å². The van der Waals surface area contributed by atoms with E-state index in [1.165, 1.54) is 9.36 Å². The summed E-state index contributed by atoms with van der Waals surface area (Å²) in [6.45, 7) is 2.02. The average molecular weight is 446 g/mol. The summed E-state index contributed by atoms with van der Waals surface area (Å²) in [6, 6.07) is 11.4. The molecule has 2 aromatic carbocycles. The summed E-state index contributed by atoms with van der Waals surface area (Å²) in [5.74, 6) is 1.93. The molecule has 30 heavy (non-hydrogen) atoms. The number of tetrazole rings is 1. The third kappa shape index (κ3) is 4.71. The van der Waals surface area contributed by atoms with Crippen molar-refractivity contribution in [3.63, 3.8) is 0 Å². The molecule has 0 bridgehead atoms. The van der Waals surface area contributed by atoms with Crippen molar-refractivity contribution in [2.45, 2.75) is 12.7 Å². The minimum atomic E-state index is -0.282. The van der Waals surface area contributed by atoms with Gasteiger partial charge < -0.3 is 9.47 Å². The van der Waals surface area contributed by atoms with Gasteiger partial charge in [0.05, 0.1) is 25.6 Å². The third-order valence-corrected chi connectivity index (χ3v) is 6.50. The zero-order valence-corrected chi connectivity index (χ0v) is 19.1. The molecule has 0 aliphatic carbocycles. The predicted octanol–water partition coefficient (Wildman–Crippen LogP) is 3.58. The van der Waals surface area contributed by atoms with Crippen LogP contribution in [0.4, 0.5) is 5.69 Å². The van der Waals surface area contributed by atoms with E-state index in [0.717, 1.165) is 26.9 Å². The number of aliphatic imine (C=N–C) groups is 1. The summed E-state index contributed by atoms with van der Waals surface area (Å²) >= 11 is 3.16. The third-order valence-electron chi connectivity index (χ3n) is 4.44. The smallest absolute Gasteiger partial charge is 0.368 e. The topological polar surface area (TPSA) is 83.5 Å². The van der Waals surface area contributed by atoms with Gasteiger partial charge in [-0.1, -0.05) is 23.9 Å². The van der Waals surface area contributed by atoms with Crippen LogP contribution in [-0.2, 0) is 12.8 Å². The van der Waals surface area contributed by atoms with Gasteiger partial charge in [0, 0.05) is 18.9 Å². The molecule has 0 N–H and O–H groups in total. The molecule has 10 heteroatoms. The molecular formula is C20H23N5O3S2. The van der Waals surface area contributed by atoms with Crippen molar-refractivity contribution < 1.29 is 9.47 Å². The molecule has 0 atom stereocenters. The van der Waals surface area contributed by atoms with Gasteiger partial charge in [-0.2, -0.15) is 9.36 Å². The minimum absolute atomic E-state index is 0.282. The van der Waals surface area contributed by atoms with Gasteiger partial charge in [-0.05, 0) is 52.9 Å². The quantitative estimate of drug-likeness (QED) is 0.424. The normalized spacial score (nSPS) is 11.6. The molecule has 0 unspecified atom stereocenters. The molecular weight excluding hydrogens is 422 g/mol. The van der Waals surface area contributed by atoms with E-state index < -0.39 is 0 Å². The average Bonchev–Trinajstić information content (AvgIpc) is 3.09. The Bertz CT molecular complexity index is 1120. The Morgan fingerprint density at radius 2 is 1.90 bits per heavy atom. The fraction of sp³-hybridized carbons (Fsp3) is 0.300. The second-order valence-corrected chi connectivity index (χ2v) is 8.30. The molecule has 3 rings (SSSR count). The van der Waals surface area contributed by atoms with E-state index in [0.29, 0.717) is 17.3 Å². The molecule has 0 amide bonds. The number of aryl methyl sites for hydroxylation is 2. The molecule has 158 valence electrons. The second kappa shape index (κ2) is 9.86. The highest BCUT2D eigenvalue weighted by molar-refractivity contribution is 8.38. The van der Waals surface area contributed by atoms with Crippen LogP contribution in [0.15, 0.2) is 46.2 Å². The van der Waals surface area contributed by atoms with Crippen molar-refractivity contribution in [3.8, 4) is 17.2 Å². The Balaban J connectivity index is 1.88. The highest BCUT2D eigenvalue weighted by Gasteiger charge is 2.14. The van der Waals surface area contributed by atoms with Gasteiger partial charge in [0.1, 0.15) is 4.38 Å². The van der Waals surface area contributed by atoms with Gasteiger partial charge in [-0.15, -0.1) is 11.8 Å². The van der Waals surface area contributed by atoms with E-state index in [1.807, 2.05) is 49.6 Å². The second-order valence-electron chi connectivity index (χ2n) is 6.28. The fourth-order valence-corrected chi connectivity index (χ4v) is 4.47. The molecule has 0 fully saturated rings. The fourth-order valence-electron chi connectivity index (χ4n) is 2.81. The monoisotopic (exact) mass is 445 g/mol. The number of rotatable bonds is 6. The lowest BCUT2D eigenvalue weighted by atomic mass is 10.1. The SMILES string of the molecule is COc1ccc(N=C(SC)SCc2c(C)cccc2-n2nnn(C)c2=O)cc1OC. The molecule has 0 saturated carbocycles. The maximum atomic E-state index is 12.3. The van der Waals surface area contributed by atoms with Crippen LogP contribution < -0.4 is 15.2 Å². The molecule has 3 aromatic rings. The van der Waals surface area contributed by atoms with Crippen molar-refractivity contribution in [2.24, 2.45) is 12.0 Å². The number of ether oxygens (including phenoxy) is 2. The summed E-state index contributed by atoms with van der Waals surface area (Å²) < 4.78 is 14.1. The Kier molecular flexibility index (Phi) is 7.22. The molecule has 8 nitrogen and oxygen atoms in total. The lowest BCUT2D eigenvalue weighted by Crippen LogP contribution is -2.23. The van der Waals surface area contributed by atoms with Gasteiger partial charge in [0.25, 0.3) is 0 Å². The number of nitrogens with zero attached hydrogens (tertiary/aromatic N) is 5. The Morgan fingerprint density at radius 3 is 2.53 bits per heavy atom. The van der Waals surface area contributed by atoms with Gasteiger partial charge in [-0.3, -0.25) is 0 Å². The van der Waals surface area contributed by atoms with E-state index in [2.05, 4.69) is 10.4 Å². The van der Waals surface area contributed by atoms with Crippen molar-refractivity contribution in [3.05, 3.63) is 58.0 Å². The number of aromatic nitrogens is 4. The Hall–Kier alpha value is -2.72. The molecule has 0 radical (unpaired) electrons. The summed E-state index contributed by atoms with van der Waals surface area (Å²) in [5.41, 5.74) is 3.31. The molecule has 0 saturated heterocycles.